The molecule has 1 saturated heterocycles. The van der Waals surface area contributed by atoms with Crippen LogP contribution in [0.25, 0.3) is 0 Å². The normalized spacial score (nSPS) is 15.8. The molecular formula is C18H24ClN5O5S. The quantitative estimate of drug-likeness (QED) is 0.665. The molecule has 2 heterocycles. The highest BCUT2D eigenvalue weighted by Gasteiger charge is 2.21. The van der Waals surface area contributed by atoms with Crippen LogP contribution in [0.4, 0.5) is 5.69 Å². The van der Waals surface area contributed by atoms with Gasteiger partial charge in [0.15, 0.2) is 0 Å². The van der Waals surface area contributed by atoms with E-state index in [0.29, 0.717) is 18.2 Å². The molecule has 0 bridgehead atoms. The van der Waals surface area contributed by atoms with Crippen LogP contribution in [0.2, 0.25) is 5.02 Å². The van der Waals surface area contributed by atoms with Crippen molar-refractivity contribution in [3.63, 3.8) is 0 Å². The summed E-state index contributed by atoms with van der Waals surface area (Å²) in [6, 6.07) is 5.17. The van der Waals surface area contributed by atoms with Gasteiger partial charge in [0.05, 0.1) is 30.0 Å². The third-order valence-corrected chi connectivity index (χ3v) is 6.16. The number of sulfone groups is 1. The molecule has 1 amide bonds. The van der Waals surface area contributed by atoms with Crippen molar-refractivity contribution in [1.82, 2.24) is 19.7 Å². The smallest absolute Gasteiger partial charge is 0.346 e. The number of morpholine rings is 1. The molecule has 30 heavy (non-hydrogen) atoms. The van der Waals surface area contributed by atoms with Crippen molar-refractivity contribution >= 4 is 33.0 Å². The number of carbonyl (C=O) groups excluding carboxylic acids is 1. The van der Waals surface area contributed by atoms with Gasteiger partial charge in [0.25, 0.3) is 0 Å². The van der Waals surface area contributed by atoms with Gasteiger partial charge < -0.3 is 15.0 Å². The molecule has 0 unspecified atom stereocenters. The molecule has 0 spiro atoms. The van der Waals surface area contributed by atoms with Crippen LogP contribution in [-0.2, 0) is 33.0 Å². The number of hydrogen-bond donors (Lipinski definition) is 1. The minimum Gasteiger partial charge on any atom is -0.378 e. The molecule has 1 aliphatic heterocycles. The number of rotatable bonds is 6. The molecule has 10 nitrogen and oxygen atoms in total. The van der Waals surface area contributed by atoms with Crippen LogP contribution in [0.3, 0.4) is 0 Å². The first-order valence-corrected chi connectivity index (χ1v) is 11.6. The van der Waals surface area contributed by atoms with Crippen LogP contribution >= 0.6 is 11.6 Å². The zero-order chi connectivity index (χ0) is 22.1. The van der Waals surface area contributed by atoms with Crippen molar-refractivity contribution in [1.29, 1.82) is 0 Å². The van der Waals surface area contributed by atoms with E-state index >= 15 is 0 Å². The lowest BCUT2D eigenvalue weighted by Crippen LogP contribution is -2.37. The number of amides is 1. The summed E-state index contributed by atoms with van der Waals surface area (Å²) in [5.41, 5.74) is 1.04. The molecule has 1 N–H and O–H groups in total. The highest BCUT2D eigenvalue weighted by molar-refractivity contribution is 7.90. The molecule has 0 radical (unpaired) electrons. The number of hydrogen-bond acceptors (Lipinski definition) is 7. The highest BCUT2D eigenvalue weighted by atomic mass is 35.5. The van der Waals surface area contributed by atoms with Gasteiger partial charge >= 0.3 is 5.69 Å². The Morgan fingerprint density at radius 3 is 2.60 bits per heavy atom. The van der Waals surface area contributed by atoms with Crippen LogP contribution in [0, 0.1) is 0 Å². The van der Waals surface area contributed by atoms with Crippen molar-refractivity contribution < 1.29 is 17.9 Å². The highest BCUT2D eigenvalue weighted by Crippen LogP contribution is 2.29. The molecule has 1 atom stereocenters. The molecule has 0 aliphatic carbocycles. The maximum Gasteiger partial charge on any atom is 0.346 e. The van der Waals surface area contributed by atoms with Crippen molar-refractivity contribution in [2.24, 2.45) is 7.05 Å². The van der Waals surface area contributed by atoms with E-state index in [9.17, 15) is 18.0 Å². The Hall–Kier alpha value is -2.37. The summed E-state index contributed by atoms with van der Waals surface area (Å²) in [5, 5.41) is 6.81. The van der Waals surface area contributed by atoms with E-state index in [1.807, 2.05) is 19.1 Å². The molecule has 1 aromatic carbocycles. The molecular weight excluding hydrogens is 434 g/mol. The van der Waals surface area contributed by atoms with E-state index in [-0.39, 0.29) is 11.2 Å². The number of benzene rings is 1. The van der Waals surface area contributed by atoms with E-state index in [2.05, 4.69) is 15.3 Å². The predicted molar refractivity (Wildman–Crippen MR) is 112 cm³/mol. The van der Waals surface area contributed by atoms with E-state index in [0.717, 1.165) is 39.8 Å². The van der Waals surface area contributed by atoms with Gasteiger partial charge in [0.1, 0.15) is 6.54 Å². The Morgan fingerprint density at radius 1 is 1.33 bits per heavy atom. The summed E-state index contributed by atoms with van der Waals surface area (Å²) in [4.78, 5) is 26.8. The van der Waals surface area contributed by atoms with Crippen LogP contribution in [0.5, 0.6) is 0 Å². The summed E-state index contributed by atoms with van der Waals surface area (Å²) in [6.07, 6.45) is 0.952. The summed E-state index contributed by atoms with van der Waals surface area (Å²) in [7, 11) is -2.39. The van der Waals surface area contributed by atoms with Crippen molar-refractivity contribution in [3.05, 3.63) is 39.3 Å². The fraction of sp³-hybridized carbons (Fsp3) is 0.500. The molecule has 1 aromatic heterocycles. The van der Waals surface area contributed by atoms with Crippen molar-refractivity contribution in [2.45, 2.75) is 24.7 Å². The number of anilines is 1. The van der Waals surface area contributed by atoms with Crippen molar-refractivity contribution in [3.8, 4) is 0 Å². The molecule has 164 valence electrons. The van der Waals surface area contributed by atoms with E-state index in [1.165, 1.54) is 7.05 Å². The standard InChI is InChI=1S/C18H24ClN5O5S/c1-12(13-4-5-14(19)15(10-13)23-6-8-29-9-7-23)20-16(25)11-24-18(26)22(2)17(21-24)30(3,27)28/h4-5,10,12H,6-9,11H2,1-3H3,(H,20,25)/t12-/m0/s1. The molecule has 12 heteroatoms. The van der Waals surface area contributed by atoms with Gasteiger partial charge in [-0.2, -0.15) is 0 Å². The molecule has 1 aliphatic rings. The topological polar surface area (TPSA) is 116 Å². The van der Waals surface area contributed by atoms with Gasteiger partial charge in [-0.05, 0) is 24.6 Å². The van der Waals surface area contributed by atoms with E-state index in [4.69, 9.17) is 16.3 Å². The van der Waals surface area contributed by atoms with Gasteiger partial charge in [0, 0.05) is 26.4 Å². The van der Waals surface area contributed by atoms with Crippen LogP contribution in [-0.4, -0.2) is 61.2 Å². The first-order valence-electron chi connectivity index (χ1n) is 9.33. The average Bonchev–Trinajstić information content (AvgIpc) is 2.97. The maximum atomic E-state index is 12.4. The minimum atomic E-state index is -3.68. The zero-order valence-electron chi connectivity index (χ0n) is 17.0. The summed E-state index contributed by atoms with van der Waals surface area (Å²) in [5.74, 6) is -0.467. The Bertz CT molecular complexity index is 1100. The third-order valence-electron chi connectivity index (χ3n) is 4.83. The summed E-state index contributed by atoms with van der Waals surface area (Å²) < 4.78 is 30.5. The number of aromatic nitrogens is 3. The Balaban J connectivity index is 1.73. The number of carbonyl (C=O) groups is 1. The minimum absolute atomic E-state index is 0.358. The van der Waals surface area contributed by atoms with Crippen LogP contribution in [0.1, 0.15) is 18.5 Å². The Morgan fingerprint density at radius 2 is 2.00 bits per heavy atom. The van der Waals surface area contributed by atoms with E-state index in [1.54, 1.807) is 6.07 Å². The SMILES string of the molecule is C[C@H](NC(=O)Cn1nc(S(C)(=O)=O)n(C)c1=O)c1ccc(Cl)c(N2CCOCC2)c1. The lowest BCUT2D eigenvalue weighted by atomic mass is 10.1. The van der Waals surface area contributed by atoms with Gasteiger partial charge in [-0.1, -0.05) is 17.7 Å². The number of nitrogens with zero attached hydrogens (tertiary/aromatic N) is 4. The maximum absolute atomic E-state index is 12.4. The zero-order valence-corrected chi connectivity index (χ0v) is 18.5. The molecule has 0 saturated carbocycles. The lowest BCUT2D eigenvalue weighted by Gasteiger charge is -2.30. The third kappa shape index (κ3) is 4.85. The predicted octanol–water partition coefficient (Wildman–Crippen LogP) is 0.353. The second kappa shape index (κ2) is 8.78. The lowest BCUT2D eigenvalue weighted by molar-refractivity contribution is -0.122. The van der Waals surface area contributed by atoms with Gasteiger partial charge in [-0.3, -0.25) is 9.36 Å². The van der Waals surface area contributed by atoms with E-state index < -0.39 is 28.0 Å². The second-order valence-electron chi connectivity index (χ2n) is 7.15. The Kier molecular flexibility index (Phi) is 6.53. The molecule has 2 aromatic rings. The number of nitrogens with one attached hydrogen (secondary N) is 1. The van der Waals surface area contributed by atoms with Crippen LogP contribution < -0.4 is 15.9 Å². The number of halogens is 1. The fourth-order valence-electron chi connectivity index (χ4n) is 3.25. The summed E-state index contributed by atoms with van der Waals surface area (Å²) in [6.45, 7) is 4.14. The molecule has 1 fully saturated rings. The monoisotopic (exact) mass is 457 g/mol. The molecule has 3 rings (SSSR count). The van der Waals surface area contributed by atoms with Gasteiger partial charge in [-0.25, -0.2) is 17.9 Å². The van der Waals surface area contributed by atoms with Gasteiger partial charge in [-0.15, -0.1) is 5.10 Å². The largest absolute Gasteiger partial charge is 0.378 e. The van der Waals surface area contributed by atoms with Crippen LogP contribution in [0.15, 0.2) is 28.2 Å². The van der Waals surface area contributed by atoms with Crippen molar-refractivity contribution in [2.75, 3.05) is 37.5 Å². The first kappa shape index (κ1) is 22.3. The average molecular weight is 458 g/mol. The fourth-order valence-corrected chi connectivity index (χ4v) is 4.31. The second-order valence-corrected chi connectivity index (χ2v) is 9.47. The first-order chi connectivity index (χ1) is 14.1. The van der Waals surface area contributed by atoms with Gasteiger partial charge in [0.2, 0.25) is 20.9 Å². The summed E-state index contributed by atoms with van der Waals surface area (Å²) >= 11 is 6.35. The Labute approximate surface area is 179 Å². The number of ether oxygens (including phenoxy) is 1.